The molecule has 4 rings (SSSR count). The maximum Gasteiger partial charge on any atom is 0.234 e. The van der Waals surface area contributed by atoms with Crippen LogP contribution in [0.15, 0.2) is 78.2 Å². The van der Waals surface area contributed by atoms with Gasteiger partial charge in [-0.15, -0.1) is 10.2 Å². The van der Waals surface area contributed by atoms with Crippen molar-refractivity contribution in [3.8, 4) is 17.1 Å². The lowest BCUT2D eigenvalue weighted by atomic mass is 10.1. The van der Waals surface area contributed by atoms with Crippen LogP contribution in [0.5, 0.6) is 0 Å². The number of nitrogens with zero attached hydrogens (tertiary/aromatic N) is 4. The van der Waals surface area contributed by atoms with E-state index in [1.54, 1.807) is 12.4 Å². The molecular weight excluding hydrogens is 394 g/mol. The minimum Gasteiger partial charge on any atom is -0.325 e. The predicted molar refractivity (Wildman–Crippen MR) is 120 cm³/mol. The summed E-state index contributed by atoms with van der Waals surface area (Å²) in [6.07, 6.45) is 3.45. The number of amides is 1. The molecule has 150 valence electrons. The lowest BCUT2D eigenvalue weighted by Crippen LogP contribution is -2.15. The van der Waals surface area contributed by atoms with Gasteiger partial charge in [0.25, 0.3) is 0 Å². The molecule has 0 saturated carbocycles. The second kappa shape index (κ2) is 8.92. The molecule has 0 spiro atoms. The molecule has 0 atom stereocenters. The second-order valence-corrected chi connectivity index (χ2v) is 7.81. The van der Waals surface area contributed by atoms with Crippen LogP contribution in [-0.2, 0) is 4.79 Å². The zero-order valence-corrected chi connectivity index (χ0v) is 17.6. The van der Waals surface area contributed by atoms with E-state index in [1.165, 1.54) is 11.8 Å². The van der Waals surface area contributed by atoms with Gasteiger partial charge in [0, 0.05) is 29.3 Å². The first-order valence-electron chi connectivity index (χ1n) is 9.53. The van der Waals surface area contributed by atoms with E-state index in [9.17, 15) is 4.79 Å². The third-order valence-electron chi connectivity index (χ3n) is 4.59. The van der Waals surface area contributed by atoms with Gasteiger partial charge in [-0.25, -0.2) is 0 Å². The molecule has 1 amide bonds. The summed E-state index contributed by atoms with van der Waals surface area (Å²) in [5.41, 5.74) is 4.82. The lowest BCUT2D eigenvalue weighted by Gasteiger charge is -2.11. The summed E-state index contributed by atoms with van der Waals surface area (Å²) in [5, 5.41) is 12.4. The number of carbonyl (C=O) groups excluding carboxylic acids is 1. The Balaban J connectivity index is 1.58. The third-order valence-corrected chi connectivity index (χ3v) is 5.51. The Kier molecular flexibility index (Phi) is 5.90. The molecule has 0 radical (unpaired) electrons. The van der Waals surface area contributed by atoms with E-state index < -0.39 is 0 Å². The lowest BCUT2D eigenvalue weighted by molar-refractivity contribution is -0.113. The Morgan fingerprint density at radius 2 is 1.77 bits per heavy atom. The standard InChI is InChI=1S/C23H21N5OS/c1-16-8-9-17(2)20(14-16)25-21(29)15-30-23-27-26-22(18-10-12-24-13-11-18)28(23)19-6-4-3-5-7-19/h3-14H,15H2,1-2H3,(H,25,29). The van der Waals surface area contributed by atoms with E-state index in [0.717, 1.165) is 28.1 Å². The highest BCUT2D eigenvalue weighted by Crippen LogP contribution is 2.28. The van der Waals surface area contributed by atoms with Crippen LogP contribution in [-0.4, -0.2) is 31.4 Å². The van der Waals surface area contributed by atoms with Crippen molar-refractivity contribution in [2.45, 2.75) is 19.0 Å². The van der Waals surface area contributed by atoms with E-state index in [4.69, 9.17) is 0 Å². The van der Waals surface area contributed by atoms with Crippen LogP contribution in [0.1, 0.15) is 11.1 Å². The fourth-order valence-corrected chi connectivity index (χ4v) is 3.80. The molecule has 0 aliphatic carbocycles. The van der Waals surface area contributed by atoms with Crippen LogP contribution in [0.2, 0.25) is 0 Å². The number of para-hydroxylation sites is 1. The first kappa shape index (κ1) is 19.8. The summed E-state index contributed by atoms with van der Waals surface area (Å²) < 4.78 is 1.96. The van der Waals surface area contributed by atoms with Gasteiger partial charge in [-0.2, -0.15) is 0 Å². The number of nitrogens with one attached hydrogen (secondary N) is 1. The van der Waals surface area contributed by atoms with Crippen molar-refractivity contribution in [1.29, 1.82) is 0 Å². The molecule has 0 saturated heterocycles. The molecule has 7 heteroatoms. The molecule has 0 aliphatic heterocycles. The molecule has 2 aromatic heterocycles. The number of benzene rings is 2. The summed E-state index contributed by atoms with van der Waals surface area (Å²) in [7, 11) is 0. The van der Waals surface area contributed by atoms with E-state index in [2.05, 4.69) is 20.5 Å². The Morgan fingerprint density at radius 1 is 1.00 bits per heavy atom. The van der Waals surface area contributed by atoms with Gasteiger partial charge >= 0.3 is 0 Å². The highest BCUT2D eigenvalue weighted by Gasteiger charge is 2.17. The largest absolute Gasteiger partial charge is 0.325 e. The number of anilines is 1. The average molecular weight is 416 g/mol. The Morgan fingerprint density at radius 3 is 2.53 bits per heavy atom. The SMILES string of the molecule is Cc1ccc(C)c(NC(=O)CSc2nnc(-c3ccncc3)n2-c2ccccc2)c1. The molecule has 4 aromatic rings. The third kappa shape index (κ3) is 4.41. The van der Waals surface area contributed by atoms with Crippen LogP contribution >= 0.6 is 11.8 Å². The van der Waals surface area contributed by atoms with Gasteiger partial charge in [-0.1, -0.05) is 42.1 Å². The molecule has 0 bridgehead atoms. The molecule has 6 nitrogen and oxygen atoms in total. The van der Waals surface area contributed by atoms with E-state index in [1.807, 2.05) is 79.1 Å². The Hall–Kier alpha value is -3.45. The monoisotopic (exact) mass is 415 g/mol. The van der Waals surface area contributed by atoms with Crippen molar-refractivity contribution in [1.82, 2.24) is 19.7 Å². The quantitative estimate of drug-likeness (QED) is 0.463. The number of aryl methyl sites for hydroxylation is 2. The molecule has 30 heavy (non-hydrogen) atoms. The fraction of sp³-hybridized carbons (Fsp3) is 0.130. The van der Waals surface area contributed by atoms with E-state index in [-0.39, 0.29) is 11.7 Å². The predicted octanol–water partition coefficient (Wildman–Crippen LogP) is 4.68. The molecule has 1 N–H and O–H groups in total. The molecule has 0 fully saturated rings. The van der Waals surface area contributed by atoms with Gasteiger partial charge in [0.2, 0.25) is 5.91 Å². The van der Waals surface area contributed by atoms with Crippen molar-refractivity contribution in [2.24, 2.45) is 0 Å². The van der Waals surface area contributed by atoms with Gasteiger partial charge in [0.15, 0.2) is 11.0 Å². The van der Waals surface area contributed by atoms with Crippen molar-refractivity contribution in [2.75, 3.05) is 11.1 Å². The van der Waals surface area contributed by atoms with Gasteiger partial charge in [-0.05, 0) is 55.3 Å². The van der Waals surface area contributed by atoms with Crippen molar-refractivity contribution in [3.63, 3.8) is 0 Å². The minimum atomic E-state index is -0.0817. The van der Waals surface area contributed by atoms with Gasteiger partial charge in [-0.3, -0.25) is 14.3 Å². The van der Waals surface area contributed by atoms with Gasteiger partial charge in [0.05, 0.1) is 5.75 Å². The van der Waals surface area contributed by atoms with Crippen LogP contribution in [0.4, 0.5) is 5.69 Å². The smallest absolute Gasteiger partial charge is 0.234 e. The molecular formula is C23H21N5OS. The van der Waals surface area contributed by atoms with Crippen LogP contribution in [0, 0.1) is 13.8 Å². The zero-order chi connectivity index (χ0) is 20.9. The van der Waals surface area contributed by atoms with Gasteiger partial charge in [0.1, 0.15) is 0 Å². The number of aromatic nitrogens is 4. The number of carbonyl (C=O) groups is 1. The highest BCUT2D eigenvalue weighted by atomic mass is 32.2. The van der Waals surface area contributed by atoms with E-state index >= 15 is 0 Å². The summed E-state index contributed by atoms with van der Waals surface area (Å²) in [6.45, 7) is 3.99. The zero-order valence-electron chi connectivity index (χ0n) is 16.7. The normalized spacial score (nSPS) is 10.7. The summed E-state index contributed by atoms with van der Waals surface area (Å²) >= 11 is 1.36. The van der Waals surface area contributed by atoms with Crippen molar-refractivity contribution in [3.05, 3.63) is 84.2 Å². The van der Waals surface area contributed by atoms with Crippen LogP contribution < -0.4 is 5.32 Å². The molecule has 0 unspecified atom stereocenters. The molecule has 2 aromatic carbocycles. The number of thioether (sulfide) groups is 1. The molecule has 2 heterocycles. The molecule has 0 aliphatic rings. The number of pyridine rings is 1. The Labute approximate surface area is 179 Å². The van der Waals surface area contributed by atoms with Gasteiger partial charge < -0.3 is 5.32 Å². The Bertz CT molecular complexity index is 1160. The summed E-state index contributed by atoms with van der Waals surface area (Å²) in [6, 6.07) is 19.7. The summed E-state index contributed by atoms with van der Waals surface area (Å²) in [5.74, 6) is 0.858. The maximum atomic E-state index is 12.6. The van der Waals surface area contributed by atoms with Crippen LogP contribution in [0.25, 0.3) is 17.1 Å². The minimum absolute atomic E-state index is 0.0817. The number of rotatable bonds is 6. The first-order chi connectivity index (χ1) is 14.6. The number of hydrogen-bond donors (Lipinski definition) is 1. The highest BCUT2D eigenvalue weighted by molar-refractivity contribution is 7.99. The van der Waals surface area contributed by atoms with E-state index in [0.29, 0.717) is 11.0 Å². The topological polar surface area (TPSA) is 72.7 Å². The average Bonchev–Trinajstić information content (AvgIpc) is 3.20. The first-order valence-corrected chi connectivity index (χ1v) is 10.5. The fourth-order valence-electron chi connectivity index (χ4n) is 3.05. The van der Waals surface area contributed by atoms with Crippen molar-refractivity contribution < 1.29 is 4.79 Å². The van der Waals surface area contributed by atoms with Crippen LogP contribution in [0.3, 0.4) is 0 Å². The second-order valence-electron chi connectivity index (χ2n) is 6.87. The maximum absolute atomic E-state index is 12.6. The summed E-state index contributed by atoms with van der Waals surface area (Å²) in [4.78, 5) is 16.7. The van der Waals surface area contributed by atoms with Crippen molar-refractivity contribution >= 4 is 23.4 Å². The number of hydrogen-bond acceptors (Lipinski definition) is 5.